The zero-order valence-corrected chi connectivity index (χ0v) is 10.9. The van der Waals surface area contributed by atoms with Gasteiger partial charge in [-0.1, -0.05) is 23.2 Å². The fourth-order valence-electron chi connectivity index (χ4n) is 1.39. The van der Waals surface area contributed by atoms with Gasteiger partial charge in [0, 0.05) is 11.9 Å². The van der Waals surface area contributed by atoms with Crippen LogP contribution in [-0.4, -0.2) is 21.1 Å². The van der Waals surface area contributed by atoms with Gasteiger partial charge in [-0.05, 0) is 18.2 Å². The van der Waals surface area contributed by atoms with Gasteiger partial charge in [0.25, 0.3) is 5.91 Å². The van der Waals surface area contributed by atoms with Gasteiger partial charge in [-0.2, -0.15) is 0 Å². The molecule has 0 aliphatic rings. The first-order chi connectivity index (χ1) is 8.97. The second kappa shape index (κ2) is 5.34. The standard InChI is InChI=1S/C12H8Cl2N2O3/c13-9-2-7(3-10(14)11(9)18)16-12(19)6-1-8(17)5-15-4-6/h1-5,17-18H,(H,16,19). The molecule has 98 valence electrons. The Morgan fingerprint density at radius 2 is 1.74 bits per heavy atom. The van der Waals surface area contributed by atoms with Crippen molar-refractivity contribution in [2.75, 3.05) is 5.32 Å². The van der Waals surface area contributed by atoms with E-state index < -0.39 is 5.91 Å². The summed E-state index contributed by atoms with van der Waals surface area (Å²) in [6, 6.07) is 3.99. The summed E-state index contributed by atoms with van der Waals surface area (Å²) >= 11 is 11.5. The number of anilines is 1. The molecule has 0 spiro atoms. The first-order valence-electron chi connectivity index (χ1n) is 5.11. The predicted octanol–water partition coefficient (Wildman–Crippen LogP) is 3.05. The lowest BCUT2D eigenvalue weighted by atomic mass is 10.2. The molecule has 5 nitrogen and oxygen atoms in total. The number of nitrogens with zero attached hydrogens (tertiary/aromatic N) is 1. The monoisotopic (exact) mass is 298 g/mol. The van der Waals surface area contributed by atoms with Crippen LogP contribution in [-0.2, 0) is 0 Å². The molecule has 3 N–H and O–H groups in total. The number of carbonyl (C=O) groups is 1. The number of phenolic OH excluding ortho intramolecular Hbond substituents is 1. The van der Waals surface area contributed by atoms with Crippen LogP contribution in [0, 0.1) is 0 Å². The quantitative estimate of drug-likeness (QED) is 0.744. The van der Waals surface area contributed by atoms with Crippen molar-refractivity contribution in [2.24, 2.45) is 0 Å². The Labute approximate surface area is 118 Å². The van der Waals surface area contributed by atoms with Crippen LogP contribution >= 0.6 is 23.2 Å². The number of phenols is 1. The third kappa shape index (κ3) is 3.07. The van der Waals surface area contributed by atoms with E-state index in [1.165, 1.54) is 30.6 Å². The molecule has 0 radical (unpaired) electrons. The second-order valence-electron chi connectivity index (χ2n) is 3.67. The minimum Gasteiger partial charge on any atom is -0.506 e. The number of hydrogen-bond acceptors (Lipinski definition) is 4. The Balaban J connectivity index is 2.24. The number of carbonyl (C=O) groups excluding carboxylic acids is 1. The number of nitrogens with one attached hydrogen (secondary N) is 1. The topological polar surface area (TPSA) is 82.5 Å². The summed E-state index contributed by atoms with van der Waals surface area (Å²) in [4.78, 5) is 15.6. The van der Waals surface area contributed by atoms with E-state index in [-0.39, 0.29) is 27.1 Å². The number of rotatable bonds is 2. The van der Waals surface area contributed by atoms with Crippen molar-refractivity contribution in [3.8, 4) is 11.5 Å². The highest BCUT2D eigenvalue weighted by molar-refractivity contribution is 6.37. The number of aromatic nitrogens is 1. The van der Waals surface area contributed by atoms with Crippen molar-refractivity contribution in [2.45, 2.75) is 0 Å². The van der Waals surface area contributed by atoms with E-state index in [9.17, 15) is 15.0 Å². The van der Waals surface area contributed by atoms with Crippen LogP contribution in [0.2, 0.25) is 10.0 Å². The first kappa shape index (κ1) is 13.5. The minimum atomic E-state index is -0.485. The van der Waals surface area contributed by atoms with Crippen LogP contribution in [0.15, 0.2) is 30.6 Å². The molecule has 0 saturated heterocycles. The molecule has 0 unspecified atom stereocenters. The Kier molecular flexibility index (Phi) is 3.78. The van der Waals surface area contributed by atoms with Gasteiger partial charge in [0.2, 0.25) is 0 Å². The summed E-state index contributed by atoms with van der Waals surface area (Å²) in [6.45, 7) is 0. The molecule has 1 aromatic heterocycles. The highest BCUT2D eigenvalue weighted by Gasteiger charge is 2.11. The summed E-state index contributed by atoms with van der Waals surface area (Å²) in [5, 5.41) is 21.2. The molecule has 7 heteroatoms. The predicted molar refractivity (Wildman–Crippen MR) is 72.0 cm³/mol. The van der Waals surface area contributed by atoms with E-state index in [4.69, 9.17) is 23.2 Å². The molecule has 2 aromatic rings. The maximum absolute atomic E-state index is 11.9. The lowest BCUT2D eigenvalue weighted by molar-refractivity contribution is 0.102. The van der Waals surface area contributed by atoms with Crippen LogP contribution in [0.4, 0.5) is 5.69 Å². The van der Waals surface area contributed by atoms with E-state index in [0.29, 0.717) is 5.69 Å². The summed E-state index contributed by atoms with van der Waals surface area (Å²) in [6.07, 6.45) is 2.52. The van der Waals surface area contributed by atoms with Gasteiger partial charge >= 0.3 is 0 Å². The van der Waals surface area contributed by atoms with Crippen molar-refractivity contribution in [3.05, 3.63) is 46.2 Å². The number of aromatic hydroxyl groups is 2. The van der Waals surface area contributed by atoms with Gasteiger partial charge in [-0.15, -0.1) is 0 Å². The van der Waals surface area contributed by atoms with Crippen LogP contribution in [0.3, 0.4) is 0 Å². The van der Waals surface area contributed by atoms with Gasteiger partial charge < -0.3 is 15.5 Å². The number of hydrogen-bond donors (Lipinski definition) is 3. The lowest BCUT2D eigenvalue weighted by Gasteiger charge is -2.07. The molecule has 0 fully saturated rings. The van der Waals surface area contributed by atoms with Gasteiger partial charge in [0.05, 0.1) is 21.8 Å². The summed E-state index contributed by atoms with van der Waals surface area (Å²) in [5.41, 5.74) is 0.501. The van der Waals surface area contributed by atoms with E-state index in [0.717, 1.165) is 0 Å². The Bertz CT molecular complexity index is 624. The van der Waals surface area contributed by atoms with Crippen molar-refractivity contribution in [3.63, 3.8) is 0 Å². The Morgan fingerprint density at radius 1 is 1.11 bits per heavy atom. The molecule has 19 heavy (non-hydrogen) atoms. The molecule has 1 aromatic carbocycles. The van der Waals surface area contributed by atoms with Crippen molar-refractivity contribution >= 4 is 34.8 Å². The molecule has 0 atom stereocenters. The molecule has 2 rings (SSSR count). The smallest absolute Gasteiger partial charge is 0.257 e. The van der Waals surface area contributed by atoms with E-state index in [1.54, 1.807) is 0 Å². The van der Waals surface area contributed by atoms with Crippen molar-refractivity contribution in [1.82, 2.24) is 4.98 Å². The Morgan fingerprint density at radius 3 is 2.32 bits per heavy atom. The fraction of sp³-hybridized carbons (Fsp3) is 0. The molecule has 1 amide bonds. The van der Waals surface area contributed by atoms with Crippen LogP contribution in [0.1, 0.15) is 10.4 Å². The van der Waals surface area contributed by atoms with Crippen molar-refractivity contribution in [1.29, 1.82) is 0 Å². The largest absolute Gasteiger partial charge is 0.506 e. The first-order valence-corrected chi connectivity index (χ1v) is 5.86. The maximum atomic E-state index is 11.9. The summed E-state index contributed by atoms with van der Waals surface area (Å²) < 4.78 is 0. The van der Waals surface area contributed by atoms with Crippen LogP contribution in [0.5, 0.6) is 11.5 Å². The van der Waals surface area contributed by atoms with Gasteiger partial charge in [-0.25, -0.2) is 0 Å². The average Bonchev–Trinajstić information content (AvgIpc) is 2.36. The maximum Gasteiger partial charge on any atom is 0.257 e. The van der Waals surface area contributed by atoms with E-state index in [2.05, 4.69) is 10.3 Å². The molecular weight excluding hydrogens is 291 g/mol. The second-order valence-corrected chi connectivity index (χ2v) is 4.49. The molecule has 1 heterocycles. The third-order valence-electron chi connectivity index (χ3n) is 2.26. The number of amides is 1. The van der Waals surface area contributed by atoms with Crippen molar-refractivity contribution < 1.29 is 15.0 Å². The highest BCUT2D eigenvalue weighted by atomic mass is 35.5. The van der Waals surface area contributed by atoms with Crippen LogP contribution < -0.4 is 5.32 Å². The summed E-state index contributed by atoms with van der Waals surface area (Å²) in [5.74, 6) is -0.851. The van der Waals surface area contributed by atoms with Gasteiger partial charge in [0.1, 0.15) is 5.75 Å². The van der Waals surface area contributed by atoms with E-state index in [1.807, 2.05) is 0 Å². The fourth-order valence-corrected chi connectivity index (χ4v) is 1.88. The number of benzene rings is 1. The van der Waals surface area contributed by atoms with Gasteiger partial charge in [0.15, 0.2) is 5.75 Å². The average molecular weight is 299 g/mol. The van der Waals surface area contributed by atoms with Gasteiger partial charge in [-0.3, -0.25) is 9.78 Å². The van der Waals surface area contributed by atoms with Crippen LogP contribution in [0.25, 0.3) is 0 Å². The number of pyridine rings is 1. The van der Waals surface area contributed by atoms with E-state index >= 15 is 0 Å². The zero-order valence-electron chi connectivity index (χ0n) is 9.39. The normalized spacial score (nSPS) is 10.2. The SMILES string of the molecule is O=C(Nc1cc(Cl)c(O)c(Cl)c1)c1cncc(O)c1. The molecular formula is C12H8Cl2N2O3. The Hall–Kier alpha value is -1.98. The highest BCUT2D eigenvalue weighted by Crippen LogP contribution is 2.34. The number of halogens is 2. The molecule has 0 aliphatic heterocycles. The lowest BCUT2D eigenvalue weighted by Crippen LogP contribution is -2.12. The minimum absolute atomic E-state index is 0.0248. The summed E-state index contributed by atoms with van der Waals surface area (Å²) in [7, 11) is 0. The molecule has 0 aliphatic carbocycles. The molecule has 0 bridgehead atoms. The third-order valence-corrected chi connectivity index (χ3v) is 2.84. The molecule has 0 saturated carbocycles. The zero-order chi connectivity index (χ0) is 14.0.